The summed E-state index contributed by atoms with van der Waals surface area (Å²) in [7, 11) is 0. The van der Waals surface area contributed by atoms with Crippen LogP contribution in [0.15, 0.2) is 24.3 Å². The molecule has 0 radical (unpaired) electrons. The van der Waals surface area contributed by atoms with E-state index in [0.29, 0.717) is 24.5 Å². The van der Waals surface area contributed by atoms with Crippen LogP contribution in [0, 0.1) is 0 Å². The molecule has 0 spiro atoms. The van der Waals surface area contributed by atoms with Crippen LogP contribution in [0.2, 0.25) is 0 Å². The number of ether oxygens (including phenoxy) is 3. The largest absolute Gasteiger partial charge is 0.513 e. The second-order valence-corrected chi connectivity index (χ2v) is 3.79. The van der Waals surface area contributed by atoms with Crippen LogP contribution in [0.25, 0.3) is 0 Å². The van der Waals surface area contributed by atoms with Crippen molar-refractivity contribution in [3.05, 3.63) is 29.8 Å². The zero-order chi connectivity index (χ0) is 14.1. The highest BCUT2D eigenvalue weighted by Crippen LogP contribution is 2.19. The van der Waals surface area contributed by atoms with E-state index in [9.17, 15) is 9.59 Å². The highest BCUT2D eigenvalue weighted by atomic mass is 16.7. The molecule has 0 saturated heterocycles. The fourth-order valence-electron chi connectivity index (χ4n) is 1.42. The molecule has 0 atom stereocenters. The topological polar surface area (TPSA) is 61.8 Å². The average molecular weight is 266 g/mol. The van der Waals surface area contributed by atoms with E-state index in [0.717, 1.165) is 6.42 Å². The normalized spacial score (nSPS) is 9.79. The van der Waals surface area contributed by atoms with Crippen molar-refractivity contribution >= 4 is 12.1 Å². The number of rotatable bonds is 6. The van der Waals surface area contributed by atoms with Gasteiger partial charge >= 0.3 is 12.1 Å². The summed E-state index contributed by atoms with van der Waals surface area (Å²) in [4.78, 5) is 22.8. The maximum Gasteiger partial charge on any atom is 0.513 e. The first-order chi connectivity index (χ1) is 9.17. The van der Waals surface area contributed by atoms with Gasteiger partial charge in [0.25, 0.3) is 0 Å². The van der Waals surface area contributed by atoms with Crippen LogP contribution in [-0.4, -0.2) is 25.3 Å². The molecule has 0 aliphatic rings. The van der Waals surface area contributed by atoms with E-state index in [1.807, 2.05) is 6.92 Å². The van der Waals surface area contributed by atoms with Crippen molar-refractivity contribution in [3.63, 3.8) is 0 Å². The van der Waals surface area contributed by atoms with E-state index in [1.165, 1.54) is 0 Å². The maximum absolute atomic E-state index is 11.4. The molecule has 0 fully saturated rings. The van der Waals surface area contributed by atoms with Gasteiger partial charge in [0.1, 0.15) is 5.75 Å². The minimum atomic E-state index is -0.766. The van der Waals surface area contributed by atoms with E-state index in [1.54, 1.807) is 31.2 Å². The molecule has 5 heteroatoms. The summed E-state index contributed by atoms with van der Waals surface area (Å²) in [5, 5.41) is 0. The Balaban J connectivity index is 2.67. The molecule has 1 rings (SSSR count). The summed E-state index contributed by atoms with van der Waals surface area (Å²) in [6, 6.07) is 6.80. The van der Waals surface area contributed by atoms with Gasteiger partial charge in [-0.3, -0.25) is 4.79 Å². The molecule has 104 valence electrons. The number of hydrogen-bond donors (Lipinski definition) is 0. The predicted molar refractivity (Wildman–Crippen MR) is 69.0 cm³/mol. The van der Waals surface area contributed by atoms with Gasteiger partial charge in [-0.15, -0.1) is 0 Å². The maximum atomic E-state index is 11.4. The summed E-state index contributed by atoms with van der Waals surface area (Å²) in [5.41, 5.74) is 0.592. The second kappa shape index (κ2) is 8.13. The molecular weight excluding hydrogens is 248 g/mol. The van der Waals surface area contributed by atoms with E-state index in [4.69, 9.17) is 14.2 Å². The van der Waals surface area contributed by atoms with Crippen molar-refractivity contribution in [1.29, 1.82) is 0 Å². The number of hydrogen-bond acceptors (Lipinski definition) is 5. The fraction of sp³-hybridized carbons (Fsp3) is 0.429. The van der Waals surface area contributed by atoms with Gasteiger partial charge in [-0.1, -0.05) is 25.1 Å². The van der Waals surface area contributed by atoms with Crippen molar-refractivity contribution in [1.82, 2.24) is 0 Å². The van der Waals surface area contributed by atoms with E-state index >= 15 is 0 Å². The number of carbonyl (C=O) groups excluding carboxylic acids is 2. The summed E-state index contributed by atoms with van der Waals surface area (Å²) in [5.74, 6) is -0.0443. The zero-order valence-electron chi connectivity index (χ0n) is 11.2. The molecule has 0 bridgehead atoms. The molecule has 0 amide bonds. The summed E-state index contributed by atoms with van der Waals surface area (Å²) in [6.45, 7) is 4.25. The van der Waals surface area contributed by atoms with Crippen LogP contribution in [-0.2, 0) is 20.7 Å². The van der Waals surface area contributed by atoms with Crippen LogP contribution in [0.4, 0.5) is 4.79 Å². The Morgan fingerprint density at radius 2 is 1.84 bits per heavy atom. The van der Waals surface area contributed by atoms with Crippen molar-refractivity contribution in [2.75, 3.05) is 13.2 Å². The van der Waals surface area contributed by atoms with Crippen LogP contribution in [0.3, 0.4) is 0 Å². The Bertz CT molecular complexity index is 428. The summed E-state index contributed by atoms with van der Waals surface area (Å²) >= 11 is 0. The molecule has 0 unspecified atom stereocenters. The summed E-state index contributed by atoms with van der Waals surface area (Å²) in [6.07, 6.45) is 0.0168. The number of carbonyl (C=O) groups is 2. The minimum absolute atomic E-state index is 0.0606. The third-order valence-electron chi connectivity index (χ3n) is 2.23. The lowest BCUT2D eigenvalue weighted by molar-refractivity contribution is -0.142. The highest BCUT2D eigenvalue weighted by Gasteiger charge is 2.13. The van der Waals surface area contributed by atoms with Gasteiger partial charge in [0.15, 0.2) is 0 Å². The lowest BCUT2D eigenvalue weighted by Crippen LogP contribution is -2.14. The quantitative estimate of drug-likeness (QED) is 0.585. The van der Waals surface area contributed by atoms with Crippen molar-refractivity contribution in [3.8, 4) is 5.75 Å². The van der Waals surface area contributed by atoms with E-state index in [-0.39, 0.29) is 12.4 Å². The van der Waals surface area contributed by atoms with E-state index < -0.39 is 6.16 Å². The average Bonchev–Trinajstić information content (AvgIpc) is 2.39. The molecule has 0 heterocycles. The van der Waals surface area contributed by atoms with Crippen molar-refractivity contribution in [2.45, 2.75) is 26.7 Å². The summed E-state index contributed by atoms with van der Waals surface area (Å²) < 4.78 is 14.7. The zero-order valence-corrected chi connectivity index (χ0v) is 11.2. The third kappa shape index (κ3) is 5.42. The van der Waals surface area contributed by atoms with Gasteiger partial charge in [-0.25, -0.2) is 4.79 Å². The first-order valence-corrected chi connectivity index (χ1v) is 6.25. The van der Waals surface area contributed by atoms with E-state index in [2.05, 4.69) is 0 Å². The Morgan fingerprint density at radius 1 is 1.11 bits per heavy atom. The van der Waals surface area contributed by atoms with Crippen LogP contribution < -0.4 is 4.74 Å². The van der Waals surface area contributed by atoms with Gasteiger partial charge < -0.3 is 14.2 Å². The molecule has 1 aromatic rings. The lowest BCUT2D eigenvalue weighted by Gasteiger charge is -2.09. The van der Waals surface area contributed by atoms with Crippen LogP contribution in [0.1, 0.15) is 25.8 Å². The van der Waals surface area contributed by atoms with Crippen LogP contribution >= 0.6 is 0 Å². The van der Waals surface area contributed by atoms with Crippen molar-refractivity contribution < 1.29 is 23.8 Å². The SMILES string of the molecule is CCCOC(=O)Oc1ccccc1CC(=O)OCC. The predicted octanol–water partition coefficient (Wildman–Crippen LogP) is 2.72. The molecule has 19 heavy (non-hydrogen) atoms. The standard InChI is InChI=1S/C14H18O5/c1-3-9-18-14(16)19-12-8-6-5-7-11(12)10-13(15)17-4-2/h5-8H,3-4,9-10H2,1-2H3. The van der Waals surface area contributed by atoms with Gasteiger partial charge in [-0.05, 0) is 19.4 Å². The Morgan fingerprint density at radius 3 is 2.53 bits per heavy atom. The molecule has 0 aliphatic carbocycles. The number of benzene rings is 1. The first-order valence-electron chi connectivity index (χ1n) is 6.25. The third-order valence-corrected chi connectivity index (χ3v) is 2.23. The van der Waals surface area contributed by atoms with Gasteiger partial charge in [-0.2, -0.15) is 0 Å². The lowest BCUT2D eigenvalue weighted by atomic mass is 10.1. The molecule has 0 saturated carbocycles. The van der Waals surface area contributed by atoms with Gasteiger partial charge in [0, 0.05) is 5.56 Å². The van der Waals surface area contributed by atoms with Gasteiger partial charge in [0.2, 0.25) is 0 Å². The number of para-hydroxylation sites is 1. The van der Waals surface area contributed by atoms with Crippen molar-refractivity contribution in [2.24, 2.45) is 0 Å². The smallest absolute Gasteiger partial charge is 0.466 e. The molecule has 0 aliphatic heterocycles. The molecule has 0 N–H and O–H groups in total. The highest BCUT2D eigenvalue weighted by molar-refractivity contribution is 5.74. The molecule has 5 nitrogen and oxygen atoms in total. The van der Waals surface area contributed by atoms with Gasteiger partial charge in [0.05, 0.1) is 19.6 Å². The Labute approximate surface area is 112 Å². The fourth-order valence-corrected chi connectivity index (χ4v) is 1.42. The number of esters is 1. The molecular formula is C14H18O5. The van der Waals surface area contributed by atoms with Crippen LogP contribution in [0.5, 0.6) is 5.75 Å². The first kappa shape index (κ1) is 15.0. The Kier molecular flexibility index (Phi) is 6.43. The second-order valence-electron chi connectivity index (χ2n) is 3.79. The monoisotopic (exact) mass is 266 g/mol. The molecule has 0 aromatic heterocycles. The minimum Gasteiger partial charge on any atom is -0.466 e. The molecule has 1 aromatic carbocycles. The Hall–Kier alpha value is -2.04.